The second-order valence-electron chi connectivity index (χ2n) is 10.4. The molecule has 0 heterocycles. The first-order chi connectivity index (χ1) is 19.6. The maximum atomic E-state index is 3.33. The summed E-state index contributed by atoms with van der Waals surface area (Å²) in [5, 5.41) is 10.7. The summed E-state index contributed by atoms with van der Waals surface area (Å²) in [7, 11) is 0. The summed E-state index contributed by atoms with van der Waals surface area (Å²) in [6, 6.07) is 45.5. The first kappa shape index (κ1) is 26.4. The summed E-state index contributed by atoms with van der Waals surface area (Å²) < 4.78 is 1.51. The molecule has 40 heavy (non-hydrogen) atoms. The van der Waals surface area contributed by atoms with Crippen molar-refractivity contribution in [2.24, 2.45) is 0 Å². The fourth-order valence-electron chi connectivity index (χ4n) is 5.64. The minimum absolute atomic E-state index is 1.01. The van der Waals surface area contributed by atoms with Crippen molar-refractivity contribution in [1.29, 1.82) is 0 Å². The number of benzene rings is 6. The van der Waals surface area contributed by atoms with E-state index >= 15 is 0 Å². The van der Waals surface area contributed by atoms with Crippen molar-refractivity contribution < 1.29 is 24.2 Å². The van der Waals surface area contributed by atoms with Crippen molar-refractivity contribution in [2.75, 3.05) is 0 Å². The van der Waals surface area contributed by atoms with E-state index in [-0.39, 0.29) is 0 Å². The molecule has 1 heteroatoms. The van der Waals surface area contributed by atoms with E-state index in [9.17, 15) is 0 Å². The molecule has 0 saturated heterocycles. The van der Waals surface area contributed by atoms with Crippen LogP contribution >= 0.6 is 0 Å². The molecule has 0 N–H and O–H groups in total. The summed E-state index contributed by atoms with van der Waals surface area (Å²) in [5.41, 5.74) is 5.32. The Hall–Kier alpha value is -3.80. The number of allylic oxidation sites excluding steroid dienone is 1. The van der Waals surface area contributed by atoms with Crippen molar-refractivity contribution in [1.82, 2.24) is 0 Å². The van der Waals surface area contributed by atoms with Gasteiger partial charge in [0.05, 0.1) is 0 Å². The first-order valence-electron chi connectivity index (χ1n) is 13.8. The Kier molecular flexibility index (Phi) is 7.76. The average molecular weight is 590 g/mol. The van der Waals surface area contributed by atoms with Gasteiger partial charge in [0, 0.05) is 0 Å². The van der Waals surface area contributed by atoms with Gasteiger partial charge in [0.15, 0.2) is 0 Å². The largest absolute Gasteiger partial charge is 0.189 e. The van der Waals surface area contributed by atoms with Gasteiger partial charge >= 0.3 is 41.3 Å². The second-order valence-corrected chi connectivity index (χ2v) is 12.8. The van der Waals surface area contributed by atoms with E-state index in [0.29, 0.717) is 0 Å². The Bertz CT molecular complexity index is 2010. The zero-order valence-corrected chi connectivity index (χ0v) is 25.4. The van der Waals surface area contributed by atoms with E-state index in [1.54, 1.807) is 24.2 Å². The predicted octanol–water partition coefficient (Wildman–Crippen LogP) is 10.4. The minimum Gasteiger partial charge on any atom is -0.189 e. The smallest absolute Gasteiger partial charge is 0.0114 e. The monoisotopic (exact) mass is 588 g/mol. The normalized spacial score (nSPS) is 11.7. The molecule has 7 aromatic rings. The van der Waals surface area contributed by atoms with Crippen molar-refractivity contribution in [3.05, 3.63) is 151 Å². The van der Waals surface area contributed by atoms with Gasteiger partial charge in [0.1, 0.15) is 0 Å². The van der Waals surface area contributed by atoms with Crippen molar-refractivity contribution >= 4 is 46.3 Å². The van der Waals surface area contributed by atoms with Crippen LogP contribution in [0.1, 0.15) is 25.0 Å². The van der Waals surface area contributed by atoms with Crippen LogP contribution in [0.15, 0.2) is 133 Å². The second kappa shape index (κ2) is 11.7. The predicted molar refractivity (Wildman–Crippen MR) is 171 cm³/mol. The van der Waals surface area contributed by atoms with Gasteiger partial charge in [0.2, 0.25) is 0 Å². The van der Waals surface area contributed by atoms with Gasteiger partial charge in [-0.1, -0.05) is 102 Å². The Morgan fingerprint density at radius 1 is 0.625 bits per heavy atom. The van der Waals surface area contributed by atoms with Crippen LogP contribution in [0.2, 0.25) is 0 Å². The molecule has 0 fully saturated rings. The number of fused-ring (bicyclic) bond motifs is 7. The molecule has 190 valence electrons. The maximum Gasteiger partial charge on any atom is -0.0114 e. The van der Waals surface area contributed by atoms with Gasteiger partial charge in [-0.25, -0.2) is 0 Å². The van der Waals surface area contributed by atoms with Crippen LogP contribution in [0.5, 0.6) is 0 Å². The standard InChI is InChI=1S/C19H13.C17H11.C3H6.Zr/c1-2-10-16-14(6-1)8-4-12-18(16)19-13-5-9-15-7-3-11-17(15)19;1-2-6-15-12(4-1)8-10-14-11-9-13-5-3-7-16(13)17(14)15;1-3-2;/h1-13H;1-4,6,8-11H,7H2;1-2H3;/q2*-1;;+2. The molecule has 0 saturated carbocycles. The molecule has 0 bridgehead atoms. The molecule has 0 atom stereocenters. The molecule has 1 aliphatic carbocycles. The van der Waals surface area contributed by atoms with E-state index in [0.717, 1.165) is 6.42 Å². The summed E-state index contributed by atoms with van der Waals surface area (Å²) in [6.07, 6.45) is 6.48. The third kappa shape index (κ3) is 5.32. The van der Waals surface area contributed by atoms with Gasteiger partial charge in [0.25, 0.3) is 0 Å². The third-order valence-corrected chi connectivity index (χ3v) is 7.34. The molecule has 0 spiro atoms. The summed E-state index contributed by atoms with van der Waals surface area (Å²) in [6.45, 7) is 4.25. The molecular weight excluding hydrogens is 560 g/mol. The Morgan fingerprint density at radius 2 is 1.23 bits per heavy atom. The molecule has 0 aliphatic heterocycles. The zero-order valence-electron chi connectivity index (χ0n) is 22.9. The van der Waals surface area contributed by atoms with Gasteiger partial charge in [-0.3, -0.25) is 0 Å². The number of rotatable bonds is 1. The molecule has 1 aliphatic rings. The molecule has 7 aromatic carbocycles. The van der Waals surface area contributed by atoms with Crippen LogP contribution < -0.4 is 0 Å². The van der Waals surface area contributed by atoms with E-state index in [4.69, 9.17) is 0 Å². The topological polar surface area (TPSA) is 0 Å². The first-order valence-corrected chi connectivity index (χ1v) is 15.0. The zero-order chi connectivity index (χ0) is 27.5. The molecule has 0 nitrogen and oxygen atoms in total. The van der Waals surface area contributed by atoms with Crippen molar-refractivity contribution in [2.45, 2.75) is 20.3 Å². The molecular formula is C39H30Zr. The van der Waals surface area contributed by atoms with Crippen LogP contribution in [0, 0.1) is 6.08 Å². The van der Waals surface area contributed by atoms with Crippen LogP contribution in [-0.4, -0.2) is 3.21 Å². The van der Waals surface area contributed by atoms with Crippen molar-refractivity contribution in [3.8, 4) is 11.1 Å². The van der Waals surface area contributed by atoms with Gasteiger partial charge in [-0.05, 0) is 32.5 Å². The van der Waals surface area contributed by atoms with Crippen molar-refractivity contribution in [3.63, 3.8) is 0 Å². The molecule has 0 amide bonds. The fraction of sp³-hybridized carbons (Fsp3) is 0.0769. The van der Waals surface area contributed by atoms with Gasteiger partial charge < -0.3 is 0 Å². The molecule has 8 rings (SSSR count). The third-order valence-electron chi connectivity index (χ3n) is 7.34. The Morgan fingerprint density at radius 3 is 2.02 bits per heavy atom. The fourth-order valence-corrected chi connectivity index (χ4v) is 5.64. The summed E-state index contributed by atoms with van der Waals surface area (Å²) in [4.78, 5) is 0. The quantitative estimate of drug-likeness (QED) is 0.132. The van der Waals surface area contributed by atoms with E-state index in [2.05, 4.69) is 153 Å². The SMILES string of the molecule is C[C](C)=[Zr+2].[C-]1=CCc2c1ccc1ccc3ccccc3c21.c1ccc2c(-c3cccc4[cH-]ccc34)cccc2c1. The van der Waals surface area contributed by atoms with Crippen LogP contribution in [0.4, 0.5) is 0 Å². The minimum atomic E-state index is 1.01. The number of hydrogen-bond acceptors (Lipinski definition) is 0. The van der Waals surface area contributed by atoms with Crippen LogP contribution in [0.3, 0.4) is 0 Å². The molecule has 0 radical (unpaired) electrons. The average Bonchev–Trinajstić information content (AvgIpc) is 3.67. The van der Waals surface area contributed by atoms with Gasteiger partial charge in [-0.2, -0.15) is 35.9 Å². The number of hydrogen-bond donors (Lipinski definition) is 0. The summed E-state index contributed by atoms with van der Waals surface area (Å²) in [5.74, 6) is 0. The van der Waals surface area contributed by atoms with E-state index < -0.39 is 0 Å². The summed E-state index contributed by atoms with van der Waals surface area (Å²) >= 11 is 1.55. The van der Waals surface area contributed by atoms with Crippen LogP contribution in [-0.2, 0) is 30.7 Å². The maximum absolute atomic E-state index is 3.33. The Balaban J connectivity index is 0.000000129. The van der Waals surface area contributed by atoms with Gasteiger partial charge in [-0.15, -0.1) is 40.6 Å². The van der Waals surface area contributed by atoms with Crippen LogP contribution in [0.25, 0.3) is 54.2 Å². The van der Waals surface area contributed by atoms with E-state index in [1.165, 1.54) is 68.5 Å². The molecule has 0 aromatic heterocycles. The van der Waals surface area contributed by atoms with E-state index in [1.807, 2.05) is 0 Å². The Labute approximate surface area is 251 Å². The molecule has 0 unspecified atom stereocenters.